The van der Waals surface area contributed by atoms with Crippen LogP contribution in [0.1, 0.15) is 25.7 Å². The summed E-state index contributed by atoms with van der Waals surface area (Å²) in [6.45, 7) is 0.303. The quantitative estimate of drug-likeness (QED) is 0.458. The van der Waals surface area contributed by atoms with Crippen LogP contribution in [0.3, 0.4) is 0 Å². The van der Waals surface area contributed by atoms with E-state index in [1.165, 1.54) is 0 Å². The lowest BCUT2D eigenvalue weighted by Crippen LogP contribution is -2.31. The highest BCUT2D eigenvalue weighted by Crippen LogP contribution is 1.97. The van der Waals surface area contributed by atoms with E-state index in [0.717, 1.165) is 6.42 Å². The van der Waals surface area contributed by atoms with Gasteiger partial charge in [-0.3, -0.25) is 4.79 Å². The van der Waals surface area contributed by atoms with Crippen molar-refractivity contribution in [2.45, 2.75) is 25.7 Å². The van der Waals surface area contributed by atoms with Gasteiger partial charge in [-0.05, 0) is 12.8 Å². The zero-order valence-electron chi connectivity index (χ0n) is 7.32. The largest absolute Gasteiger partial charge is 0.370 e. The minimum Gasteiger partial charge on any atom is -0.370 e. The molecule has 0 fully saturated rings. The molecule has 0 aliphatic rings. The molecule has 7 heteroatoms. The third kappa shape index (κ3) is 11.3. The summed E-state index contributed by atoms with van der Waals surface area (Å²) < 4.78 is 22.9. The van der Waals surface area contributed by atoms with Crippen molar-refractivity contribution >= 4 is 16.1 Å². The Hall–Kier alpha value is -0.660. The van der Waals surface area contributed by atoms with Crippen LogP contribution in [-0.4, -0.2) is 20.9 Å². The van der Waals surface area contributed by atoms with Crippen molar-refractivity contribution in [3.05, 3.63) is 0 Å². The lowest BCUT2D eigenvalue weighted by molar-refractivity contribution is -0.118. The molecule has 0 unspecified atom stereocenters. The van der Waals surface area contributed by atoms with Gasteiger partial charge in [-0.2, -0.15) is 8.42 Å². The van der Waals surface area contributed by atoms with Gasteiger partial charge in [0, 0.05) is 13.0 Å². The highest BCUT2D eigenvalue weighted by molar-refractivity contribution is 7.87. The molecule has 0 aliphatic heterocycles. The second-order valence-corrected chi connectivity index (χ2v) is 4.10. The summed E-state index contributed by atoms with van der Waals surface area (Å²) in [6.07, 6.45) is 2.44. The molecule has 13 heavy (non-hydrogen) atoms. The Morgan fingerprint density at radius 2 is 1.85 bits per heavy atom. The third-order valence-electron chi connectivity index (χ3n) is 1.40. The maximum Gasteiger partial charge on any atom is 0.274 e. The molecule has 0 bridgehead atoms. The van der Waals surface area contributed by atoms with E-state index in [4.69, 9.17) is 5.73 Å². The number of carbonyl (C=O) groups is 1. The zero-order chi connectivity index (χ0) is 10.3. The first-order valence-electron chi connectivity index (χ1n) is 3.97. The van der Waals surface area contributed by atoms with Gasteiger partial charge in [0.15, 0.2) is 0 Å². The van der Waals surface area contributed by atoms with Gasteiger partial charge in [0.1, 0.15) is 0 Å². The zero-order valence-corrected chi connectivity index (χ0v) is 8.14. The number of unbranched alkanes of at least 4 members (excludes halogenated alkanes) is 2. The first-order valence-corrected chi connectivity index (χ1v) is 5.52. The third-order valence-corrected chi connectivity index (χ3v) is 2.01. The molecule has 0 saturated heterocycles. The average Bonchev–Trinajstić information content (AvgIpc) is 1.93. The maximum absolute atomic E-state index is 10.4. The highest BCUT2D eigenvalue weighted by Gasteiger charge is 1.99. The molecule has 0 aromatic carbocycles. The van der Waals surface area contributed by atoms with Crippen LogP contribution in [0.5, 0.6) is 0 Å². The molecule has 0 heterocycles. The van der Waals surface area contributed by atoms with Crippen LogP contribution in [0.15, 0.2) is 0 Å². The van der Waals surface area contributed by atoms with Crippen LogP contribution in [0, 0.1) is 0 Å². The Morgan fingerprint density at radius 3 is 2.31 bits per heavy atom. The van der Waals surface area contributed by atoms with Crippen molar-refractivity contribution in [3.8, 4) is 0 Å². The molecular weight excluding hydrogens is 194 g/mol. The van der Waals surface area contributed by atoms with Gasteiger partial charge >= 0.3 is 0 Å². The van der Waals surface area contributed by atoms with Gasteiger partial charge in [0.2, 0.25) is 5.91 Å². The molecule has 0 aromatic heterocycles. The molecule has 0 saturated carbocycles. The minimum absolute atomic E-state index is 0.303. The standard InChI is InChI=1S/C6H15N3O3S/c7-6(10)4-2-1-3-5-9-13(8,11)12/h9H,1-5H2,(H2,7,10)(H2,8,11,12). The molecule has 0 rings (SSSR count). The predicted octanol–water partition coefficient (Wildman–Crippen LogP) is -1.17. The summed E-state index contributed by atoms with van der Waals surface area (Å²) >= 11 is 0. The van der Waals surface area contributed by atoms with Crippen LogP contribution in [0.4, 0.5) is 0 Å². The Balaban J connectivity index is 3.23. The Labute approximate surface area is 77.9 Å². The van der Waals surface area contributed by atoms with Crippen molar-refractivity contribution in [1.29, 1.82) is 0 Å². The fraction of sp³-hybridized carbons (Fsp3) is 0.833. The van der Waals surface area contributed by atoms with Crippen LogP contribution in [0.2, 0.25) is 0 Å². The minimum atomic E-state index is -3.57. The first kappa shape index (κ1) is 12.3. The number of nitrogens with one attached hydrogen (secondary N) is 1. The second-order valence-electron chi connectivity index (χ2n) is 2.72. The smallest absolute Gasteiger partial charge is 0.274 e. The first-order chi connectivity index (χ1) is 5.92. The lowest BCUT2D eigenvalue weighted by Gasteiger charge is -2.00. The average molecular weight is 209 g/mol. The van der Waals surface area contributed by atoms with Crippen molar-refractivity contribution in [1.82, 2.24) is 4.72 Å². The molecule has 0 radical (unpaired) electrons. The van der Waals surface area contributed by atoms with Crippen LogP contribution in [0.25, 0.3) is 0 Å². The van der Waals surface area contributed by atoms with Crippen LogP contribution < -0.4 is 15.6 Å². The molecule has 0 atom stereocenters. The summed E-state index contributed by atoms with van der Waals surface area (Å²) in [6, 6.07) is 0. The topological polar surface area (TPSA) is 115 Å². The monoisotopic (exact) mass is 209 g/mol. The number of primary amides is 1. The summed E-state index contributed by atoms with van der Waals surface area (Å²) in [4.78, 5) is 10.3. The molecule has 5 N–H and O–H groups in total. The van der Waals surface area contributed by atoms with E-state index in [0.29, 0.717) is 25.8 Å². The van der Waals surface area contributed by atoms with Crippen LogP contribution >= 0.6 is 0 Å². The predicted molar refractivity (Wildman–Crippen MR) is 48.8 cm³/mol. The van der Waals surface area contributed by atoms with E-state index in [9.17, 15) is 13.2 Å². The summed E-state index contributed by atoms with van der Waals surface area (Å²) in [5.41, 5.74) is 4.91. The van der Waals surface area contributed by atoms with Gasteiger partial charge in [-0.15, -0.1) is 0 Å². The fourth-order valence-electron chi connectivity index (χ4n) is 0.815. The van der Waals surface area contributed by atoms with E-state index in [-0.39, 0.29) is 5.91 Å². The number of carbonyl (C=O) groups excluding carboxylic acids is 1. The number of hydrogen-bond donors (Lipinski definition) is 3. The van der Waals surface area contributed by atoms with Gasteiger partial charge in [-0.25, -0.2) is 9.86 Å². The lowest BCUT2D eigenvalue weighted by atomic mass is 10.2. The van der Waals surface area contributed by atoms with Gasteiger partial charge in [0.25, 0.3) is 10.2 Å². The normalized spacial score (nSPS) is 11.5. The number of hydrogen-bond acceptors (Lipinski definition) is 3. The molecule has 0 aromatic rings. The Bertz CT molecular complexity index is 250. The molecule has 0 aliphatic carbocycles. The van der Waals surface area contributed by atoms with Crippen molar-refractivity contribution in [2.24, 2.45) is 10.9 Å². The number of nitrogens with two attached hydrogens (primary N) is 2. The second kappa shape index (κ2) is 5.90. The van der Waals surface area contributed by atoms with E-state index in [1.54, 1.807) is 0 Å². The van der Waals surface area contributed by atoms with Gasteiger partial charge < -0.3 is 5.73 Å². The fourth-order valence-corrected chi connectivity index (χ4v) is 1.24. The van der Waals surface area contributed by atoms with Crippen molar-refractivity contribution in [2.75, 3.05) is 6.54 Å². The van der Waals surface area contributed by atoms with Crippen LogP contribution in [-0.2, 0) is 15.0 Å². The van der Waals surface area contributed by atoms with E-state index < -0.39 is 10.2 Å². The van der Waals surface area contributed by atoms with Crippen molar-refractivity contribution in [3.63, 3.8) is 0 Å². The summed E-state index contributed by atoms with van der Waals surface area (Å²) in [7, 11) is -3.57. The molecule has 1 amide bonds. The van der Waals surface area contributed by atoms with E-state index in [1.807, 2.05) is 0 Å². The SMILES string of the molecule is NC(=O)CCCCCNS(N)(=O)=O. The Kier molecular flexibility index (Phi) is 5.60. The van der Waals surface area contributed by atoms with E-state index in [2.05, 4.69) is 9.86 Å². The molecule has 6 nitrogen and oxygen atoms in total. The maximum atomic E-state index is 10.4. The van der Waals surface area contributed by atoms with E-state index >= 15 is 0 Å². The van der Waals surface area contributed by atoms with Crippen molar-refractivity contribution < 1.29 is 13.2 Å². The van der Waals surface area contributed by atoms with Gasteiger partial charge in [0.05, 0.1) is 0 Å². The molecular formula is C6H15N3O3S. The highest BCUT2D eigenvalue weighted by atomic mass is 32.2. The number of rotatable bonds is 7. The summed E-state index contributed by atoms with van der Waals surface area (Å²) in [5, 5.41) is 4.69. The Morgan fingerprint density at radius 1 is 1.23 bits per heavy atom. The molecule has 0 spiro atoms. The summed E-state index contributed by atoms with van der Waals surface area (Å²) in [5.74, 6) is -0.334. The molecule has 78 valence electrons. The number of amides is 1. The van der Waals surface area contributed by atoms with Gasteiger partial charge in [-0.1, -0.05) is 6.42 Å².